The van der Waals surface area contributed by atoms with Crippen LogP contribution in [0.3, 0.4) is 0 Å². The summed E-state index contributed by atoms with van der Waals surface area (Å²) in [6.07, 6.45) is 7.11. The van der Waals surface area contributed by atoms with Crippen LogP contribution in [0.4, 0.5) is 5.95 Å². The lowest BCUT2D eigenvalue weighted by Gasteiger charge is -2.27. The molecule has 150 valence electrons. The van der Waals surface area contributed by atoms with Crippen molar-refractivity contribution in [2.24, 2.45) is 0 Å². The summed E-state index contributed by atoms with van der Waals surface area (Å²) in [6, 6.07) is 9.37. The topological polar surface area (TPSA) is 67.2 Å². The van der Waals surface area contributed by atoms with Crippen molar-refractivity contribution in [3.05, 3.63) is 59.6 Å². The monoisotopic (exact) mass is 410 g/mol. The Labute approximate surface area is 174 Å². The van der Waals surface area contributed by atoms with Crippen LogP contribution < -0.4 is 4.90 Å². The Bertz CT molecular complexity index is 1000. The highest BCUT2D eigenvalue weighted by Gasteiger charge is 2.33. The molecule has 1 atom stereocenters. The summed E-state index contributed by atoms with van der Waals surface area (Å²) in [5.41, 5.74) is 2.71. The molecule has 1 aliphatic rings. The first kappa shape index (κ1) is 19.4. The standard InChI is InChI=1S/C21H23ClN6O/c1-26(2)21-23-13-17(15-6-3-7-16(22)12-15)20(25-21)18-8-4-11-28(18)19(29)14-27-10-5-9-24-27/h3,5-7,9-10,12-13,18H,4,8,11,14H2,1-2H3/t18-/m1/s1. The van der Waals surface area contributed by atoms with E-state index in [-0.39, 0.29) is 18.5 Å². The summed E-state index contributed by atoms with van der Waals surface area (Å²) in [5.74, 6) is 0.662. The van der Waals surface area contributed by atoms with E-state index in [0.717, 1.165) is 29.7 Å². The molecule has 0 saturated carbocycles. The SMILES string of the molecule is CN(C)c1ncc(-c2cccc(Cl)c2)c([C@H]2CCCN2C(=O)Cn2cccn2)n1. The number of hydrogen-bond donors (Lipinski definition) is 0. The minimum absolute atomic E-state index is 0.0401. The number of halogens is 1. The van der Waals surface area contributed by atoms with Crippen molar-refractivity contribution in [1.29, 1.82) is 0 Å². The van der Waals surface area contributed by atoms with Gasteiger partial charge in [-0.05, 0) is 36.6 Å². The van der Waals surface area contributed by atoms with E-state index in [9.17, 15) is 4.79 Å². The molecule has 1 fully saturated rings. The number of aromatic nitrogens is 4. The average molecular weight is 411 g/mol. The zero-order chi connectivity index (χ0) is 20.4. The Kier molecular flexibility index (Phi) is 5.49. The van der Waals surface area contributed by atoms with Crippen LogP contribution in [0, 0.1) is 0 Å². The van der Waals surface area contributed by atoms with E-state index >= 15 is 0 Å². The van der Waals surface area contributed by atoms with Crippen LogP contribution in [-0.4, -0.2) is 51.2 Å². The zero-order valence-electron chi connectivity index (χ0n) is 16.5. The lowest BCUT2D eigenvalue weighted by molar-refractivity contribution is -0.133. The number of rotatable bonds is 5. The number of carbonyl (C=O) groups excluding carboxylic acids is 1. The summed E-state index contributed by atoms with van der Waals surface area (Å²) in [7, 11) is 3.82. The van der Waals surface area contributed by atoms with E-state index in [1.165, 1.54) is 0 Å². The van der Waals surface area contributed by atoms with Crippen LogP contribution in [0.25, 0.3) is 11.1 Å². The average Bonchev–Trinajstić information content (AvgIpc) is 3.39. The Hall–Kier alpha value is -2.93. The summed E-state index contributed by atoms with van der Waals surface area (Å²) in [4.78, 5) is 26.1. The molecule has 0 N–H and O–H groups in total. The smallest absolute Gasteiger partial charge is 0.244 e. The summed E-state index contributed by atoms with van der Waals surface area (Å²) < 4.78 is 1.65. The van der Waals surface area contributed by atoms with Crippen LogP contribution in [0.5, 0.6) is 0 Å². The second-order valence-corrected chi connectivity index (χ2v) is 7.76. The van der Waals surface area contributed by atoms with Gasteiger partial charge in [-0.2, -0.15) is 5.10 Å². The van der Waals surface area contributed by atoms with Crippen molar-refractivity contribution in [2.45, 2.75) is 25.4 Å². The van der Waals surface area contributed by atoms with Crippen molar-refractivity contribution in [3.63, 3.8) is 0 Å². The highest BCUT2D eigenvalue weighted by atomic mass is 35.5. The Morgan fingerprint density at radius 1 is 1.31 bits per heavy atom. The van der Waals surface area contributed by atoms with Crippen molar-refractivity contribution >= 4 is 23.5 Å². The van der Waals surface area contributed by atoms with Gasteiger partial charge in [-0.1, -0.05) is 23.7 Å². The number of hydrogen-bond acceptors (Lipinski definition) is 5. The largest absolute Gasteiger partial charge is 0.347 e. The first-order chi connectivity index (χ1) is 14.0. The summed E-state index contributed by atoms with van der Waals surface area (Å²) in [6.45, 7) is 0.933. The fourth-order valence-electron chi connectivity index (χ4n) is 3.71. The van der Waals surface area contributed by atoms with Gasteiger partial charge >= 0.3 is 0 Å². The van der Waals surface area contributed by atoms with Gasteiger partial charge in [0.25, 0.3) is 0 Å². The molecule has 2 aromatic heterocycles. The highest BCUT2D eigenvalue weighted by molar-refractivity contribution is 6.30. The molecule has 0 aliphatic carbocycles. The first-order valence-corrected chi connectivity index (χ1v) is 9.98. The molecule has 3 heterocycles. The quantitative estimate of drug-likeness (QED) is 0.644. The molecule has 7 nitrogen and oxygen atoms in total. The molecule has 1 saturated heterocycles. The Morgan fingerprint density at radius 2 is 2.17 bits per heavy atom. The first-order valence-electron chi connectivity index (χ1n) is 9.60. The predicted octanol–water partition coefficient (Wildman–Crippen LogP) is 3.42. The van der Waals surface area contributed by atoms with Crippen LogP contribution in [0.2, 0.25) is 5.02 Å². The van der Waals surface area contributed by atoms with Gasteiger partial charge in [-0.3, -0.25) is 9.48 Å². The van der Waals surface area contributed by atoms with Crippen molar-refractivity contribution < 1.29 is 4.79 Å². The minimum Gasteiger partial charge on any atom is -0.347 e. The van der Waals surface area contributed by atoms with Crippen LogP contribution in [0.1, 0.15) is 24.6 Å². The predicted molar refractivity (Wildman–Crippen MR) is 113 cm³/mol. The molecule has 29 heavy (non-hydrogen) atoms. The molecule has 1 amide bonds. The number of anilines is 1. The van der Waals surface area contributed by atoms with E-state index in [0.29, 0.717) is 17.5 Å². The van der Waals surface area contributed by atoms with Gasteiger partial charge in [0.15, 0.2) is 0 Å². The third-order valence-electron chi connectivity index (χ3n) is 5.09. The van der Waals surface area contributed by atoms with Gasteiger partial charge in [0.05, 0.1) is 11.7 Å². The normalized spacial score (nSPS) is 16.2. The molecule has 1 aromatic carbocycles. The van der Waals surface area contributed by atoms with E-state index < -0.39 is 0 Å². The third kappa shape index (κ3) is 4.10. The number of carbonyl (C=O) groups is 1. The maximum absolute atomic E-state index is 13.0. The second-order valence-electron chi connectivity index (χ2n) is 7.32. The Morgan fingerprint density at radius 3 is 2.90 bits per heavy atom. The van der Waals surface area contributed by atoms with E-state index in [2.05, 4.69) is 10.1 Å². The van der Waals surface area contributed by atoms with Gasteiger partial charge in [-0.15, -0.1) is 0 Å². The van der Waals surface area contributed by atoms with Crippen LogP contribution >= 0.6 is 11.6 Å². The molecular formula is C21H23ClN6O. The van der Waals surface area contributed by atoms with E-state index in [1.54, 1.807) is 17.1 Å². The van der Waals surface area contributed by atoms with Gasteiger partial charge in [0.1, 0.15) is 6.54 Å². The fraction of sp³-hybridized carbons (Fsp3) is 0.333. The minimum atomic E-state index is -0.103. The number of likely N-dealkylation sites (tertiary alicyclic amines) is 1. The summed E-state index contributed by atoms with van der Waals surface area (Å²) in [5, 5.41) is 4.82. The molecule has 3 aromatic rings. The van der Waals surface area contributed by atoms with Gasteiger partial charge in [0.2, 0.25) is 11.9 Å². The molecule has 0 bridgehead atoms. The maximum Gasteiger partial charge on any atom is 0.244 e. The molecule has 0 spiro atoms. The molecule has 0 unspecified atom stereocenters. The molecule has 8 heteroatoms. The second kappa shape index (κ2) is 8.21. The van der Waals surface area contributed by atoms with Gasteiger partial charge < -0.3 is 9.80 Å². The number of benzene rings is 1. The number of amides is 1. The maximum atomic E-state index is 13.0. The van der Waals surface area contributed by atoms with E-state index in [1.807, 2.05) is 60.4 Å². The molecule has 1 aliphatic heterocycles. The van der Waals surface area contributed by atoms with Gasteiger partial charge in [0, 0.05) is 49.8 Å². The molecular weight excluding hydrogens is 388 g/mol. The van der Waals surface area contributed by atoms with Crippen molar-refractivity contribution in [1.82, 2.24) is 24.6 Å². The Balaban J connectivity index is 1.73. The fourth-order valence-corrected chi connectivity index (χ4v) is 3.90. The molecule has 4 rings (SSSR count). The van der Waals surface area contributed by atoms with Crippen LogP contribution in [0.15, 0.2) is 48.9 Å². The van der Waals surface area contributed by atoms with Crippen LogP contribution in [-0.2, 0) is 11.3 Å². The van der Waals surface area contributed by atoms with Gasteiger partial charge in [-0.25, -0.2) is 9.97 Å². The lowest BCUT2D eigenvalue weighted by Crippen LogP contribution is -2.34. The third-order valence-corrected chi connectivity index (χ3v) is 5.32. The lowest BCUT2D eigenvalue weighted by atomic mass is 10.00. The van der Waals surface area contributed by atoms with Crippen molar-refractivity contribution in [2.75, 3.05) is 25.5 Å². The number of nitrogens with zero attached hydrogens (tertiary/aromatic N) is 6. The van der Waals surface area contributed by atoms with Crippen molar-refractivity contribution in [3.8, 4) is 11.1 Å². The molecule has 0 radical (unpaired) electrons. The zero-order valence-corrected chi connectivity index (χ0v) is 17.3. The highest BCUT2D eigenvalue weighted by Crippen LogP contribution is 2.37. The van der Waals surface area contributed by atoms with E-state index in [4.69, 9.17) is 16.6 Å². The summed E-state index contributed by atoms with van der Waals surface area (Å²) >= 11 is 6.22.